The summed E-state index contributed by atoms with van der Waals surface area (Å²) in [6.45, 7) is 1.97. The van der Waals surface area contributed by atoms with Gasteiger partial charge in [-0.1, -0.05) is 36.1 Å². The largest absolute Gasteiger partial charge is 0.482 e. The van der Waals surface area contributed by atoms with E-state index in [0.29, 0.717) is 22.8 Å². The number of ether oxygens (including phenoxy) is 3. The molecule has 144 valence electrons. The quantitative estimate of drug-likeness (QED) is 0.766. The Kier molecular flexibility index (Phi) is 6.02. The summed E-state index contributed by atoms with van der Waals surface area (Å²) in [6, 6.07) is 13.9. The molecule has 0 saturated heterocycles. The molecule has 3 N–H and O–H groups in total. The number of fused-ring (bicyclic) bond motifs is 1. The topological polar surface area (TPSA) is 99.9 Å². The molecule has 0 radical (unpaired) electrons. The van der Waals surface area contributed by atoms with E-state index in [1.165, 1.54) is 0 Å². The monoisotopic (exact) mass is 380 g/mol. The van der Waals surface area contributed by atoms with Crippen molar-refractivity contribution in [3.05, 3.63) is 54.1 Å². The fourth-order valence-corrected chi connectivity index (χ4v) is 2.66. The van der Waals surface area contributed by atoms with Gasteiger partial charge in [-0.3, -0.25) is 9.59 Å². The number of nitrogens with two attached hydrogens (primary N) is 1. The molecule has 0 bridgehead atoms. The van der Waals surface area contributed by atoms with Crippen molar-refractivity contribution in [1.82, 2.24) is 5.32 Å². The minimum Gasteiger partial charge on any atom is -0.482 e. The second kappa shape index (κ2) is 8.82. The SMILES string of the molecule is C[C@H]1Oc2ccccc2O[C@H]1C(=O)NCC#CCOc1ccccc1C(N)=O. The first-order chi connectivity index (χ1) is 13.6. The summed E-state index contributed by atoms with van der Waals surface area (Å²) >= 11 is 0. The standard InChI is InChI=1S/C21H20N2O5/c1-14-19(28-18-11-5-4-10-17(18)27-14)21(25)23-12-6-7-13-26-16-9-3-2-8-15(16)20(22)24/h2-5,8-11,14,19H,12-13H2,1H3,(H2,22,24)(H,23,25)/t14-,19-/m1/s1. The number of nitrogens with one attached hydrogen (secondary N) is 1. The molecule has 0 spiro atoms. The number of hydrogen-bond acceptors (Lipinski definition) is 5. The smallest absolute Gasteiger partial charge is 0.265 e. The van der Waals surface area contributed by atoms with E-state index in [1.807, 2.05) is 12.1 Å². The Bertz CT molecular complexity index is 932. The number of benzene rings is 2. The lowest BCUT2D eigenvalue weighted by Gasteiger charge is -2.30. The normalized spacial score (nSPS) is 17.0. The molecule has 28 heavy (non-hydrogen) atoms. The Morgan fingerprint density at radius 3 is 2.50 bits per heavy atom. The first-order valence-electron chi connectivity index (χ1n) is 8.73. The number of hydrogen-bond donors (Lipinski definition) is 2. The molecule has 1 heterocycles. The van der Waals surface area contributed by atoms with Gasteiger partial charge in [0.15, 0.2) is 11.5 Å². The average molecular weight is 380 g/mol. The third-order valence-electron chi connectivity index (χ3n) is 4.03. The Morgan fingerprint density at radius 2 is 1.75 bits per heavy atom. The van der Waals surface area contributed by atoms with E-state index in [9.17, 15) is 9.59 Å². The van der Waals surface area contributed by atoms with E-state index in [-0.39, 0.29) is 19.1 Å². The van der Waals surface area contributed by atoms with E-state index in [0.717, 1.165) is 0 Å². The molecule has 0 unspecified atom stereocenters. The van der Waals surface area contributed by atoms with Gasteiger partial charge in [-0.15, -0.1) is 0 Å². The first-order valence-corrected chi connectivity index (χ1v) is 8.73. The van der Waals surface area contributed by atoms with Crippen molar-refractivity contribution in [2.45, 2.75) is 19.1 Å². The van der Waals surface area contributed by atoms with Crippen molar-refractivity contribution in [3.63, 3.8) is 0 Å². The molecule has 1 aliphatic rings. The molecule has 2 aromatic rings. The van der Waals surface area contributed by atoms with Crippen LogP contribution in [-0.2, 0) is 4.79 Å². The summed E-state index contributed by atoms with van der Waals surface area (Å²) in [6.07, 6.45) is -1.17. The van der Waals surface area contributed by atoms with E-state index in [2.05, 4.69) is 17.2 Å². The molecule has 1 aliphatic heterocycles. The highest BCUT2D eigenvalue weighted by Gasteiger charge is 2.33. The lowest BCUT2D eigenvalue weighted by atomic mass is 10.1. The second-order valence-electron chi connectivity index (χ2n) is 6.03. The van der Waals surface area contributed by atoms with Crippen LogP contribution >= 0.6 is 0 Å². The van der Waals surface area contributed by atoms with Gasteiger partial charge in [0.05, 0.1) is 12.1 Å². The summed E-state index contributed by atoms with van der Waals surface area (Å²) in [4.78, 5) is 23.6. The second-order valence-corrected chi connectivity index (χ2v) is 6.03. The van der Waals surface area contributed by atoms with Gasteiger partial charge < -0.3 is 25.3 Å². The molecule has 7 heteroatoms. The highest BCUT2D eigenvalue weighted by Crippen LogP contribution is 2.33. The van der Waals surface area contributed by atoms with Crippen LogP contribution in [0.2, 0.25) is 0 Å². The highest BCUT2D eigenvalue weighted by atomic mass is 16.6. The molecule has 2 atom stereocenters. The molecule has 7 nitrogen and oxygen atoms in total. The fourth-order valence-electron chi connectivity index (χ4n) is 2.66. The summed E-state index contributed by atoms with van der Waals surface area (Å²) in [7, 11) is 0. The van der Waals surface area contributed by atoms with Crippen LogP contribution in [0.25, 0.3) is 0 Å². The summed E-state index contributed by atoms with van der Waals surface area (Å²) in [5.41, 5.74) is 5.58. The van der Waals surface area contributed by atoms with E-state index in [4.69, 9.17) is 19.9 Å². The number of carbonyl (C=O) groups is 2. The van der Waals surface area contributed by atoms with Crippen molar-refractivity contribution in [3.8, 4) is 29.1 Å². The van der Waals surface area contributed by atoms with Crippen molar-refractivity contribution < 1.29 is 23.8 Å². The minimum atomic E-state index is -0.754. The highest BCUT2D eigenvalue weighted by molar-refractivity contribution is 5.95. The minimum absolute atomic E-state index is 0.0625. The molecular weight excluding hydrogens is 360 g/mol. The summed E-state index contributed by atoms with van der Waals surface area (Å²) in [5, 5.41) is 2.69. The first kappa shape index (κ1) is 19.1. The number of rotatable bonds is 5. The Balaban J connectivity index is 1.47. The molecule has 0 saturated carbocycles. The van der Waals surface area contributed by atoms with Crippen LogP contribution in [0.3, 0.4) is 0 Å². The molecule has 3 rings (SSSR count). The van der Waals surface area contributed by atoms with Crippen LogP contribution in [0.5, 0.6) is 17.2 Å². The van der Waals surface area contributed by atoms with Crippen molar-refractivity contribution >= 4 is 11.8 Å². The van der Waals surface area contributed by atoms with Gasteiger partial charge in [0.1, 0.15) is 18.5 Å². The van der Waals surface area contributed by atoms with Gasteiger partial charge in [-0.2, -0.15) is 0 Å². The number of carbonyl (C=O) groups excluding carboxylic acids is 2. The molecule has 0 aliphatic carbocycles. The Morgan fingerprint density at radius 1 is 1.07 bits per heavy atom. The molecule has 0 aromatic heterocycles. The zero-order valence-electron chi connectivity index (χ0n) is 15.3. The molecule has 0 fully saturated rings. The van der Waals surface area contributed by atoms with Gasteiger partial charge in [0, 0.05) is 0 Å². The Labute approximate surface area is 162 Å². The maximum Gasteiger partial charge on any atom is 0.265 e. The summed E-state index contributed by atoms with van der Waals surface area (Å²) < 4.78 is 16.9. The van der Waals surface area contributed by atoms with Gasteiger partial charge >= 0.3 is 0 Å². The number of primary amides is 1. The zero-order valence-corrected chi connectivity index (χ0v) is 15.3. The van der Waals surface area contributed by atoms with E-state index in [1.54, 1.807) is 43.3 Å². The molecular formula is C21H20N2O5. The average Bonchev–Trinajstić information content (AvgIpc) is 2.70. The number of amides is 2. The van der Waals surface area contributed by atoms with Gasteiger partial charge in [0.2, 0.25) is 6.10 Å². The van der Waals surface area contributed by atoms with E-state index < -0.39 is 18.1 Å². The van der Waals surface area contributed by atoms with Crippen molar-refractivity contribution in [2.75, 3.05) is 13.2 Å². The maximum absolute atomic E-state index is 12.3. The molecule has 2 amide bonds. The van der Waals surface area contributed by atoms with E-state index >= 15 is 0 Å². The lowest BCUT2D eigenvalue weighted by molar-refractivity contribution is -0.133. The van der Waals surface area contributed by atoms with Crippen LogP contribution in [-0.4, -0.2) is 37.2 Å². The summed E-state index contributed by atoms with van der Waals surface area (Å²) in [5.74, 6) is 6.21. The molecule has 2 aromatic carbocycles. The van der Waals surface area contributed by atoms with Crippen molar-refractivity contribution in [2.24, 2.45) is 5.73 Å². The van der Waals surface area contributed by atoms with Gasteiger partial charge in [-0.25, -0.2) is 0 Å². The predicted octanol–water partition coefficient (Wildman–Crippen LogP) is 1.51. The predicted molar refractivity (Wildman–Crippen MR) is 102 cm³/mol. The fraction of sp³-hybridized carbons (Fsp3) is 0.238. The third kappa shape index (κ3) is 4.54. The van der Waals surface area contributed by atoms with Crippen molar-refractivity contribution in [1.29, 1.82) is 0 Å². The zero-order chi connectivity index (χ0) is 19.9. The third-order valence-corrected chi connectivity index (χ3v) is 4.03. The van der Waals surface area contributed by atoms with Crippen LogP contribution in [0.1, 0.15) is 17.3 Å². The number of para-hydroxylation sites is 3. The van der Waals surface area contributed by atoms with Gasteiger partial charge in [-0.05, 0) is 31.2 Å². The maximum atomic E-state index is 12.3. The van der Waals surface area contributed by atoms with Gasteiger partial charge in [0.25, 0.3) is 11.8 Å². The lowest BCUT2D eigenvalue weighted by Crippen LogP contribution is -2.49. The Hall–Kier alpha value is -3.66. The van der Waals surface area contributed by atoms with Crippen LogP contribution in [0.15, 0.2) is 48.5 Å². The van der Waals surface area contributed by atoms with Crippen LogP contribution < -0.4 is 25.3 Å². The van der Waals surface area contributed by atoms with Crippen LogP contribution in [0, 0.1) is 11.8 Å². The van der Waals surface area contributed by atoms with Crippen LogP contribution in [0.4, 0.5) is 0 Å².